The second-order valence-electron chi connectivity index (χ2n) is 3.15. The lowest BCUT2D eigenvalue weighted by Gasteiger charge is -2.26. The Kier molecular flexibility index (Phi) is 3.88. The molecule has 80 valence electrons. The fraction of sp³-hybridized carbons (Fsp3) is 0.778. The number of carbonyl (C=O) groups excluding carboxylic acids is 2. The first-order valence-electron chi connectivity index (χ1n) is 4.50. The molecule has 0 aromatic rings. The van der Waals surface area contributed by atoms with Crippen molar-refractivity contribution in [3.8, 4) is 0 Å². The second-order valence-corrected chi connectivity index (χ2v) is 3.15. The molecule has 0 aliphatic carbocycles. The molecule has 5 nitrogen and oxygen atoms in total. The van der Waals surface area contributed by atoms with Gasteiger partial charge in [0.2, 0.25) is 0 Å². The number of ether oxygens (including phenoxy) is 3. The Labute approximate surface area is 82.3 Å². The average Bonchev–Trinajstić information content (AvgIpc) is 2.17. The third-order valence-corrected chi connectivity index (χ3v) is 2.03. The lowest BCUT2D eigenvalue weighted by molar-refractivity contribution is -0.168. The zero-order valence-electron chi connectivity index (χ0n) is 8.32. The summed E-state index contributed by atoms with van der Waals surface area (Å²) in [7, 11) is 1.32. The molecule has 0 aromatic carbocycles. The van der Waals surface area contributed by atoms with Crippen LogP contribution in [0, 0.1) is 0 Å². The maximum absolute atomic E-state index is 11.0. The molecule has 0 aromatic heterocycles. The highest BCUT2D eigenvalue weighted by Crippen LogP contribution is 2.17. The third-order valence-electron chi connectivity index (χ3n) is 2.03. The van der Waals surface area contributed by atoms with E-state index in [9.17, 15) is 9.59 Å². The van der Waals surface area contributed by atoms with Gasteiger partial charge in [-0.2, -0.15) is 0 Å². The van der Waals surface area contributed by atoms with E-state index >= 15 is 0 Å². The maximum atomic E-state index is 11.0. The summed E-state index contributed by atoms with van der Waals surface area (Å²) in [6.45, 7) is 1.62. The van der Waals surface area contributed by atoms with Gasteiger partial charge >= 0.3 is 11.9 Å². The summed E-state index contributed by atoms with van der Waals surface area (Å²) < 4.78 is 14.7. The smallest absolute Gasteiger partial charge is 0.334 e. The molecular formula is C9H14O5. The Morgan fingerprint density at radius 1 is 1.36 bits per heavy atom. The summed E-state index contributed by atoms with van der Waals surface area (Å²) in [5, 5.41) is 0. The molecule has 1 aliphatic heterocycles. The van der Waals surface area contributed by atoms with E-state index in [-0.39, 0.29) is 24.6 Å². The number of methoxy groups -OCH3 is 1. The van der Waals surface area contributed by atoms with Crippen LogP contribution in [0.3, 0.4) is 0 Å². The van der Waals surface area contributed by atoms with Crippen LogP contribution in [-0.4, -0.2) is 37.9 Å². The minimum Gasteiger partial charge on any atom is -0.467 e. The van der Waals surface area contributed by atoms with E-state index < -0.39 is 6.10 Å². The van der Waals surface area contributed by atoms with Gasteiger partial charge in [-0.15, -0.1) is 0 Å². The molecule has 0 spiro atoms. The quantitative estimate of drug-likeness (QED) is 0.601. The number of carbonyl (C=O) groups is 2. The van der Waals surface area contributed by atoms with Gasteiger partial charge < -0.3 is 14.2 Å². The molecule has 1 aliphatic rings. The highest BCUT2D eigenvalue weighted by atomic mass is 16.6. The zero-order valence-corrected chi connectivity index (χ0v) is 8.32. The molecule has 2 atom stereocenters. The van der Waals surface area contributed by atoms with Crippen LogP contribution < -0.4 is 0 Å². The summed E-state index contributed by atoms with van der Waals surface area (Å²) in [6, 6.07) is 0. The first kappa shape index (κ1) is 11.0. The number of rotatable bonds is 2. The lowest BCUT2D eigenvalue weighted by atomic mass is 10.1. The Bertz CT molecular complexity index is 217. The monoisotopic (exact) mass is 202 g/mol. The van der Waals surface area contributed by atoms with Crippen LogP contribution in [0.25, 0.3) is 0 Å². The second kappa shape index (κ2) is 4.95. The Morgan fingerprint density at radius 2 is 2.07 bits per heavy atom. The van der Waals surface area contributed by atoms with E-state index in [1.807, 2.05) is 0 Å². The molecule has 1 fully saturated rings. The minimum absolute atomic E-state index is 0.228. The van der Waals surface area contributed by atoms with Crippen LogP contribution in [0.15, 0.2) is 0 Å². The molecule has 0 bridgehead atoms. The molecule has 5 heteroatoms. The molecule has 1 rings (SSSR count). The van der Waals surface area contributed by atoms with Crippen LogP contribution >= 0.6 is 0 Å². The molecular weight excluding hydrogens is 188 g/mol. The topological polar surface area (TPSA) is 61.8 Å². The maximum Gasteiger partial charge on any atom is 0.334 e. The molecule has 1 saturated heterocycles. The first-order chi connectivity index (χ1) is 6.63. The van der Waals surface area contributed by atoms with Crippen molar-refractivity contribution in [2.75, 3.05) is 13.7 Å². The van der Waals surface area contributed by atoms with Gasteiger partial charge in [0.05, 0.1) is 13.7 Å². The molecule has 1 heterocycles. The van der Waals surface area contributed by atoms with Crippen molar-refractivity contribution in [2.24, 2.45) is 0 Å². The van der Waals surface area contributed by atoms with Gasteiger partial charge in [0, 0.05) is 6.92 Å². The highest BCUT2D eigenvalue weighted by molar-refractivity contribution is 5.74. The fourth-order valence-corrected chi connectivity index (χ4v) is 1.37. The van der Waals surface area contributed by atoms with Crippen LogP contribution in [-0.2, 0) is 23.8 Å². The van der Waals surface area contributed by atoms with E-state index in [4.69, 9.17) is 9.47 Å². The van der Waals surface area contributed by atoms with Crippen molar-refractivity contribution in [1.82, 2.24) is 0 Å². The Hall–Kier alpha value is -1.10. The number of hydrogen-bond acceptors (Lipinski definition) is 5. The van der Waals surface area contributed by atoms with Gasteiger partial charge in [0.1, 0.15) is 6.10 Å². The molecule has 0 radical (unpaired) electrons. The normalized spacial score (nSPS) is 26.7. The van der Waals surface area contributed by atoms with Crippen molar-refractivity contribution in [2.45, 2.75) is 32.0 Å². The summed E-state index contributed by atoms with van der Waals surface area (Å²) in [5.74, 6) is -0.693. The number of hydrogen-bond donors (Lipinski definition) is 0. The van der Waals surface area contributed by atoms with Crippen LogP contribution in [0.4, 0.5) is 0 Å². The summed E-state index contributed by atoms with van der Waals surface area (Å²) >= 11 is 0. The van der Waals surface area contributed by atoms with E-state index in [0.717, 1.165) is 0 Å². The van der Waals surface area contributed by atoms with Crippen LogP contribution in [0.5, 0.6) is 0 Å². The predicted molar refractivity (Wildman–Crippen MR) is 46.5 cm³/mol. The summed E-state index contributed by atoms with van der Waals surface area (Å²) in [6.07, 6.45) is 0.435. The zero-order chi connectivity index (χ0) is 10.6. The van der Waals surface area contributed by atoms with E-state index in [1.165, 1.54) is 14.0 Å². The van der Waals surface area contributed by atoms with Crippen molar-refractivity contribution in [1.29, 1.82) is 0 Å². The van der Waals surface area contributed by atoms with Crippen molar-refractivity contribution >= 4 is 11.9 Å². The van der Waals surface area contributed by atoms with Gasteiger partial charge in [0.25, 0.3) is 0 Å². The van der Waals surface area contributed by atoms with Crippen LogP contribution in [0.1, 0.15) is 19.8 Å². The predicted octanol–water partition coefficient (Wildman–Crippen LogP) is 0.270. The molecule has 14 heavy (non-hydrogen) atoms. The van der Waals surface area contributed by atoms with E-state index in [1.54, 1.807) is 0 Å². The van der Waals surface area contributed by atoms with Crippen LogP contribution in [0.2, 0.25) is 0 Å². The molecule has 0 N–H and O–H groups in total. The van der Waals surface area contributed by atoms with Crippen molar-refractivity contribution in [3.05, 3.63) is 0 Å². The molecule has 0 unspecified atom stereocenters. The molecule has 0 amide bonds. The van der Waals surface area contributed by atoms with E-state index in [2.05, 4.69) is 4.74 Å². The highest BCUT2D eigenvalue weighted by Gasteiger charge is 2.28. The first-order valence-corrected chi connectivity index (χ1v) is 4.50. The largest absolute Gasteiger partial charge is 0.467 e. The third kappa shape index (κ3) is 2.99. The molecule has 0 saturated carbocycles. The lowest BCUT2D eigenvalue weighted by Crippen LogP contribution is -2.37. The van der Waals surface area contributed by atoms with Gasteiger partial charge in [-0.25, -0.2) is 4.79 Å². The van der Waals surface area contributed by atoms with Gasteiger partial charge in [-0.3, -0.25) is 4.79 Å². The number of esters is 2. The standard InChI is InChI=1S/C9H14O5/c1-6(10)14-7-3-4-8(13-5-7)9(11)12-2/h7-8H,3-5H2,1-2H3/t7-,8-/m0/s1. The van der Waals surface area contributed by atoms with Gasteiger partial charge in [0.15, 0.2) is 6.10 Å². The van der Waals surface area contributed by atoms with Gasteiger partial charge in [-0.1, -0.05) is 0 Å². The minimum atomic E-state index is -0.508. The fourth-order valence-electron chi connectivity index (χ4n) is 1.37. The van der Waals surface area contributed by atoms with Crippen molar-refractivity contribution < 1.29 is 23.8 Å². The van der Waals surface area contributed by atoms with E-state index in [0.29, 0.717) is 12.8 Å². The summed E-state index contributed by atoms with van der Waals surface area (Å²) in [4.78, 5) is 21.7. The average molecular weight is 202 g/mol. The Morgan fingerprint density at radius 3 is 2.50 bits per heavy atom. The SMILES string of the molecule is COC(=O)[C@@H]1CC[C@H](OC(C)=O)CO1. The summed E-state index contributed by atoms with van der Waals surface area (Å²) in [5.41, 5.74) is 0. The van der Waals surface area contributed by atoms with Crippen molar-refractivity contribution in [3.63, 3.8) is 0 Å². The van der Waals surface area contributed by atoms with Gasteiger partial charge in [-0.05, 0) is 12.8 Å². The Balaban J connectivity index is 2.31.